The quantitative estimate of drug-likeness (QED) is 0.369. The van der Waals surface area contributed by atoms with Crippen LogP contribution >= 0.6 is 0 Å². The number of benzene rings is 3. The van der Waals surface area contributed by atoms with Crippen LogP contribution in [-0.4, -0.2) is 45.3 Å². The van der Waals surface area contributed by atoms with Crippen LogP contribution in [0, 0.1) is 0 Å². The molecule has 3 amide bonds. The molecule has 40 heavy (non-hydrogen) atoms. The summed E-state index contributed by atoms with van der Waals surface area (Å²) in [5, 5.41) is 13.5. The van der Waals surface area contributed by atoms with Crippen LogP contribution in [0.5, 0.6) is 0 Å². The molecule has 1 saturated heterocycles. The van der Waals surface area contributed by atoms with Crippen molar-refractivity contribution in [2.75, 3.05) is 0 Å². The summed E-state index contributed by atoms with van der Waals surface area (Å²) in [5.74, 6) is -1.47. The van der Waals surface area contributed by atoms with E-state index in [9.17, 15) is 24.3 Å². The number of aliphatic imine (C=N–C) groups is 1. The third-order valence-electron chi connectivity index (χ3n) is 7.78. The number of carbonyl (C=O) groups is 4. The lowest BCUT2D eigenvalue weighted by Crippen LogP contribution is -2.52. The molecular weight excluding hydrogens is 506 g/mol. The molecule has 3 aliphatic rings. The van der Waals surface area contributed by atoms with Gasteiger partial charge in [0, 0.05) is 42.5 Å². The van der Waals surface area contributed by atoms with Crippen LogP contribution in [0.15, 0.2) is 95.2 Å². The SMILES string of the molecule is O=C1CCC(N2Cc3c(N=C(C4=C(O)CC(c5ccccc5)CC4=O)c4ccccc4)cccc3C2=O)C(=O)N1. The smallest absolute Gasteiger partial charge is 0.255 e. The van der Waals surface area contributed by atoms with Crippen molar-refractivity contribution >= 4 is 34.9 Å². The molecule has 0 aromatic heterocycles. The molecule has 3 aromatic carbocycles. The molecule has 1 aliphatic carbocycles. The van der Waals surface area contributed by atoms with E-state index in [2.05, 4.69) is 5.32 Å². The fraction of sp³-hybridized carbons (Fsp3) is 0.219. The largest absolute Gasteiger partial charge is 0.511 e. The Labute approximate surface area is 231 Å². The van der Waals surface area contributed by atoms with E-state index < -0.39 is 11.9 Å². The lowest BCUT2D eigenvalue weighted by molar-refractivity contribution is -0.137. The number of rotatable bonds is 5. The summed E-state index contributed by atoms with van der Waals surface area (Å²) in [4.78, 5) is 57.4. The van der Waals surface area contributed by atoms with Gasteiger partial charge in [-0.05, 0) is 30.0 Å². The Kier molecular flexibility index (Phi) is 6.59. The van der Waals surface area contributed by atoms with Gasteiger partial charge >= 0.3 is 0 Å². The molecule has 2 unspecified atom stereocenters. The number of Topliss-reactive ketones (excluding diaryl/α,β-unsaturated/α-hetero) is 1. The molecule has 0 radical (unpaired) electrons. The Bertz CT molecular complexity index is 1590. The van der Waals surface area contributed by atoms with Gasteiger partial charge in [-0.1, -0.05) is 66.7 Å². The van der Waals surface area contributed by atoms with Crippen LogP contribution in [0.1, 0.15) is 58.6 Å². The molecule has 2 atom stereocenters. The maximum atomic E-state index is 13.6. The highest BCUT2D eigenvalue weighted by molar-refractivity contribution is 6.30. The highest BCUT2D eigenvalue weighted by Crippen LogP contribution is 2.38. The van der Waals surface area contributed by atoms with E-state index >= 15 is 0 Å². The van der Waals surface area contributed by atoms with E-state index in [0.717, 1.165) is 5.56 Å². The van der Waals surface area contributed by atoms with Crippen LogP contribution in [0.3, 0.4) is 0 Å². The highest BCUT2D eigenvalue weighted by atomic mass is 16.3. The highest BCUT2D eigenvalue weighted by Gasteiger charge is 2.40. The number of allylic oxidation sites excluding steroid dienone is 2. The van der Waals surface area contributed by atoms with Crippen molar-refractivity contribution in [1.82, 2.24) is 10.2 Å². The summed E-state index contributed by atoms with van der Waals surface area (Å²) < 4.78 is 0. The van der Waals surface area contributed by atoms with E-state index in [-0.39, 0.29) is 60.7 Å². The zero-order valence-corrected chi connectivity index (χ0v) is 21.7. The number of amides is 3. The third-order valence-corrected chi connectivity index (χ3v) is 7.78. The Hall–Kier alpha value is -4.85. The molecule has 0 saturated carbocycles. The maximum Gasteiger partial charge on any atom is 0.255 e. The number of hydrogen-bond acceptors (Lipinski definition) is 6. The molecule has 3 aromatic rings. The lowest BCUT2D eigenvalue weighted by atomic mass is 9.80. The first-order chi connectivity index (χ1) is 19.4. The number of nitrogens with one attached hydrogen (secondary N) is 1. The maximum absolute atomic E-state index is 13.6. The molecule has 2 aliphatic heterocycles. The van der Waals surface area contributed by atoms with Crippen molar-refractivity contribution in [3.8, 4) is 0 Å². The van der Waals surface area contributed by atoms with Gasteiger partial charge in [0.05, 0.1) is 17.0 Å². The second-order valence-electron chi connectivity index (χ2n) is 10.3. The standard InChI is InChI=1S/C32H27N3O5/c36-26-16-21(19-8-3-1-4-9-19)17-27(37)29(26)30(20-10-5-2-6-11-20)33-24-13-7-12-22-23(24)18-35(32(22)40)25-14-15-28(38)34-31(25)39/h1-13,21,25,36H,14-18H2,(H,34,38,39). The number of nitrogens with zero attached hydrogens (tertiary/aromatic N) is 2. The van der Waals surface area contributed by atoms with Crippen molar-refractivity contribution in [2.45, 2.75) is 44.2 Å². The Morgan fingerprint density at radius 2 is 1.60 bits per heavy atom. The summed E-state index contributed by atoms with van der Waals surface area (Å²) in [7, 11) is 0. The van der Waals surface area contributed by atoms with Crippen molar-refractivity contribution in [1.29, 1.82) is 0 Å². The second kappa shape index (κ2) is 10.4. The first-order valence-corrected chi connectivity index (χ1v) is 13.3. The van der Waals surface area contributed by atoms with E-state index in [1.165, 1.54) is 4.90 Å². The molecule has 2 heterocycles. The average Bonchev–Trinajstić information content (AvgIpc) is 3.30. The summed E-state index contributed by atoms with van der Waals surface area (Å²) in [6.07, 6.45) is 0.977. The van der Waals surface area contributed by atoms with Gasteiger partial charge in [0.2, 0.25) is 11.8 Å². The van der Waals surface area contributed by atoms with Gasteiger partial charge < -0.3 is 10.0 Å². The van der Waals surface area contributed by atoms with Gasteiger partial charge in [-0.2, -0.15) is 0 Å². The molecule has 200 valence electrons. The number of aliphatic hydroxyl groups is 1. The first kappa shape index (κ1) is 25.4. The van der Waals surface area contributed by atoms with Gasteiger partial charge in [-0.15, -0.1) is 0 Å². The minimum absolute atomic E-state index is 0.0125. The van der Waals surface area contributed by atoms with Gasteiger partial charge in [0.15, 0.2) is 5.78 Å². The van der Waals surface area contributed by atoms with E-state index in [1.807, 2.05) is 60.7 Å². The normalized spacial score (nSPS) is 21.5. The number of carbonyl (C=O) groups excluding carboxylic acids is 4. The molecule has 6 rings (SSSR count). The Morgan fingerprint density at radius 1 is 0.875 bits per heavy atom. The minimum Gasteiger partial charge on any atom is -0.511 e. The van der Waals surface area contributed by atoms with Gasteiger partial charge in [0.1, 0.15) is 11.8 Å². The zero-order chi connectivity index (χ0) is 27.8. The number of hydrogen-bond donors (Lipinski definition) is 2. The van der Waals surface area contributed by atoms with Crippen molar-refractivity contribution in [3.63, 3.8) is 0 Å². The molecule has 0 bridgehead atoms. The van der Waals surface area contributed by atoms with Crippen LogP contribution in [0.2, 0.25) is 0 Å². The fourth-order valence-electron chi connectivity index (χ4n) is 5.78. The number of fused-ring (bicyclic) bond motifs is 1. The van der Waals surface area contributed by atoms with Crippen LogP contribution in [-0.2, 0) is 20.9 Å². The van der Waals surface area contributed by atoms with Crippen molar-refractivity contribution in [3.05, 3.63) is 112 Å². The summed E-state index contributed by atoms with van der Waals surface area (Å²) in [6.45, 7) is 0.150. The topological polar surface area (TPSA) is 116 Å². The van der Waals surface area contributed by atoms with Crippen LogP contribution in [0.4, 0.5) is 5.69 Å². The molecule has 8 nitrogen and oxygen atoms in total. The van der Waals surface area contributed by atoms with Gasteiger partial charge in [-0.25, -0.2) is 4.99 Å². The zero-order valence-electron chi connectivity index (χ0n) is 21.7. The minimum atomic E-state index is -0.746. The summed E-state index contributed by atoms with van der Waals surface area (Å²) in [5.41, 5.74) is 3.73. The Balaban J connectivity index is 1.40. The molecular formula is C32H27N3O5. The van der Waals surface area contributed by atoms with E-state index in [4.69, 9.17) is 4.99 Å². The van der Waals surface area contributed by atoms with Crippen LogP contribution < -0.4 is 5.32 Å². The number of piperidine rings is 1. The summed E-state index contributed by atoms with van der Waals surface area (Å²) in [6, 6.07) is 23.3. The molecule has 2 N–H and O–H groups in total. The lowest BCUT2D eigenvalue weighted by Gasteiger charge is -2.29. The third kappa shape index (κ3) is 4.62. The predicted molar refractivity (Wildman–Crippen MR) is 148 cm³/mol. The molecule has 8 heteroatoms. The van der Waals surface area contributed by atoms with Crippen molar-refractivity contribution < 1.29 is 24.3 Å². The monoisotopic (exact) mass is 533 g/mol. The van der Waals surface area contributed by atoms with Gasteiger partial charge in [-0.3, -0.25) is 24.5 Å². The van der Waals surface area contributed by atoms with E-state index in [0.29, 0.717) is 34.5 Å². The van der Waals surface area contributed by atoms with Crippen molar-refractivity contribution in [2.24, 2.45) is 4.99 Å². The summed E-state index contributed by atoms with van der Waals surface area (Å²) >= 11 is 0. The number of ketones is 1. The number of imide groups is 1. The predicted octanol–water partition coefficient (Wildman–Crippen LogP) is 4.53. The molecule has 1 fully saturated rings. The Morgan fingerprint density at radius 3 is 2.30 bits per heavy atom. The average molecular weight is 534 g/mol. The van der Waals surface area contributed by atoms with E-state index in [1.54, 1.807) is 18.2 Å². The first-order valence-electron chi connectivity index (χ1n) is 13.3. The number of aliphatic hydroxyl groups excluding tert-OH is 1. The second-order valence-corrected chi connectivity index (χ2v) is 10.3. The van der Waals surface area contributed by atoms with Crippen LogP contribution in [0.25, 0.3) is 0 Å². The fourth-order valence-corrected chi connectivity index (χ4v) is 5.78. The molecule has 0 spiro atoms. The van der Waals surface area contributed by atoms with Gasteiger partial charge in [0.25, 0.3) is 5.91 Å².